The number of hydrogen-bond acceptors (Lipinski definition) is 3. The van der Waals surface area contributed by atoms with E-state index < -0.39 is 12.1 Å². The van der Waals surface area contributed by atoms with Gasteiger partial charge in [0.05, 0.1) is 6.42 Å². The second-order valence-corrected chi connectivity index (χ2v) is 6.57. The molecule has 0 radical (unpaired) electrons. The minimum atomic E-state index is -0.921. The van der Waals surface area contributed by atoms with Gasteiger partial charge in [-0.1, -0.05) is 55.5 Å². The topological polar surface area (TPSA) is 66.8 Å². The number of fused-ring (bicyclic) bond motifs is 3. The Hall–Kier alpha value is -2.82. The van der Waals surface area contributed by atoms with Gasteiger partial charge in [-0.15, -0.1) is 0 Å². The monoisotopic (exact) mass is 353 g/mol. The number of amides is 1. The van der Waals surface area contributed by atoms with E-state index in [1.54, 1.807) is 7.05 Å². The highest BCUT2D eigenvalue weighted by Crippen LogP contribution is 2.44. The largest absolute Gasteiger partial charge is 0.481 e. The van der Waals surface area contributed by atoms with Crippen molar-refractivity contribution in [3.8, 4) is 11.1 Å². The smallest absolute Gasteiger partial charge is 0.409 e. The van der Waals surface area contributed by atoms with Crippen LogP contribution in [0.3, 0.4) is 0 Å². The maximum absolute atomic E-state index is 12.4. The van der Waals surface area contributed by atoms with Crippen molar-refractivity contribution >= 4 is 12.1 Å². The van der Waals surface area contributed by atoms with Gasteiger partial charge in [0.25, 0.3) is 0 Å². The summed E-state index contributed by atoms with van der Waals surface area (Å²) >= 11 is 0. The van der Waals surface area contributed by atoms with E-state index >= 15 is 0 Å². The normalized spacial score (nSPS) is 13.6. The molecule has 0 spiro atoms. The Balaban J connectivity index is 1.73. The van der Waals surface area contributed by atoms with Crippen molar-refractivity contribution in [3.05, 3.63) is 59.7 Å². The number of carbonyl (C=O) groups excluding carboxylic acids is 1. The van der Waals surface area contributed by atoms with Crippen LogP contribution < -0.4 is 0 Å². The maximum Gasteiger partial charge on any atom is 0.409 e. The van der Waals surface area contributed by atoms with Gasteiger partial charge >= 0.3 is 12.1 Å². The highest BCUT2D eigenvalue weighted by molar-refractivity contribution is 5.79. The van der Waals surface area contributed by atoms with Crippen LogP contribution in [0.2, 0.25) is 0 Å². The number of aliphatic carboxylic acids is 1. The molecule has 0 aromatic heterocycles. The van der Waals surface area contributed by atoms with E-state index in [0.717, 1.165) is 11.1 Å². The summed E-state index contributed by atoms with van der Waals surface area (Å²) in [6, 6.07) is 15.9. The number of nitrogens with zero attached hydrogens (tertiary/aromatic N) is 1. The molecule has 0 aliphatic heterocycles. The summed E-state index contributed by atoms with van der Waals surface area (Å²) in [7, 11) is 1.59. The summed E-state index contributed by atoms with van der Waals surface area (Å²) in [5, 5.41) is 8.99. The molecule has 0 saturated heterocycles. The fraction of sp³-hybridized carbons (Fsp3) is 0.333. The lowest BCUT2D eigenvalue weighted by atomic mass is 9.98. The molecule has 3 rings (SSSR count). The van der Waals surface area contributed by atoms with Crippen LogP contribution in [0.15, 0.2) is 48.5 Å². The van der Waals surface area contributed by atoms with Gasteiger partial charge in [-0.05, 0) is 28.7 Å². The van der Waals surface area contributed by atoms with Crippen LogP contribution in [-0.2, 0) is 9.53 Å². The molecular weight excluding hydrogens is 330 g/mol. The minimum absolute atomic E-state index is 0.000648. The second-order valence-electron chi connectivity index (χ2n) is 6.57. The Morgan fingerprint density at radius 3 is 2.12 bits per heavy atom. The molecule has 0 fully saturated rings. The second kappa shape index (κ2) is 7.60. The number of carboxylic acids is 1. The Bertz CT molecular complexity index is 772. The maximum atomic E-state index is 12.4. The first-order chi connectivity index (χ1) is 12.5. The number of benzene rings is 2. The van der Waals surface area contributed by atoms with Crippen LogP contribution in [0.4, 0.5) is 4.79 Å². The average molecular weight is 353 g/mol. The molecule has 0 bridgehead atoms. The van der Waals surface area contributed by atoms with Gasteiger partial charge in [-0.25, -0.2) is 4.79 Å². The van der Waals surface area contributed by atoms with E-state index in [-0.39, 0.29) is 25.0 Å². The van der Waals surface area contributed by atoms with Gasteiger partial charge in [0.15, 0.2) is 0 Å². The third-order valence-electron chi connectivity index (χ3n) is 5.05. The molecule has 5 nitrogen and oxygen atoms in total. The molecule has 0 unspecified atom stereocenters. The van der Waals surface area contributed by atoms with Crippen molar-refractivity contribution < 1.29 is 19.4 Å². The summed E-state index contributed by atoms with van der Waals surface area (Å²) in [4.78, 5) is 24.8. The molecule has 0 saturated carbocycles. The van der Waals surface area contributed by atoms with Crippen LogP contribution >= 0.6 is 0 Å². The first kappa shape index (κ1) is 18.0. The summed E-state index contributed by atoms with van der Waals surface area (Å²) in [5.41, 5.74) is 4.66. The predicted molar refractivity (Wildman–Crippen MR) is 99.2 cm³/mol. The molecule has 1 aliphatic carbocycles. The van der Waals surface area contributed by atoms with Crippen molar-refractivity contribution in [3.63, 3.8) is 0 Å². The van der Waals surface area contributed by atoms with Crippen LogP contribution in [0.5, 0.6) is 0 Å². The first-order valence-corrected chi connectivity index (χ1v) is 8.82. The van der Waals surface area contributed by atoms with E-state index in [4.69, 9.17) is 9.84 Å². The Morgan fingerprint density at radius 2 is 1.62 bits per heavy atom. The summed E-state index contributed by atoms with van der Waals surface area (Å²) in [6.45, 7) is 2.10. The van der Waals surface area contributed by atoms with E-state index in [0.29, 0.717) is 6.42 Å². The number of ether oxygens (including phenoxy) is 1. The Morgan fingerprint density at radius 1 is 1.08 bits per heavy atom. The third kappa shape index (κ3) is 3.43. The lowest BCUT2D eigenvalue weighted by Gasteiger charge is -2.26. The van der Waals surface area contributed by atoms with Crippen molar-refractivity contribution in [2.45, 2.75) is 31.7 Å². The number of carboxylic acid groups (broad SMARTS) is 1. The fourth-order valence-electron chi connectivity index (χ4n) is 3.60. The zero-order valence-corrected chi connectivity index (χ0v) is 15.0. The van der Waals surface area contributed by atoms with E-state index in [2.05, 4.69) is 24.3 Å². The van der Waals surface area contributed by atoms with E-state index in [9.17, 15) is 9.59 Å². The molecule has 1 amide bonds. The number of hydrogen-bond donors (Lipinski definition) is 1. The highest BCUT2D eigenvalue weighted by Gasteiger charge is 2.30. The average Bonchev–Trinajstić information content (AvgIpc) is 2.97. The van der Waals surface area contributed by atoms with Gasteiger partial charge < -0.3 is 14.7 Å². The van der Waals surface area contributed by atoms with Crippen molar-refractivity contribution in [2.24, 2.45) is 0 Å². The van der Waals surface area contributed by atoms with Crippen LogP contribution in [0.25, 0.3) is 11.1 Å². The first-order valence-electron chi connectivity index (χ1n) is 8.82. The quantitative estimate of drug-likeness (QED) is 0.848. The standard InChI is InChI=1S/C21H23NO4/c1-3-14(12-20(23)24)22(2)21(25)26-13-19-17-10-6-4-8-15(17)16-9-5-7-11-18(16)19/h4-11,14,19H,3,12-13H2,1-2H3,(H,23,24)/t14-/m0/s1. The molecule has 1 aliphatic rings. The molecule has 136 valence electrons. The zero-order chi connectivity index (χ0) is 18.7. The predicted octanol–water partition coefficient (Wildman–Crippen LogP) is 4.12. The number of carbonyl (C=O) groups is 2. The van der Waals surface area contributed by atoms with E-state index in [1.165, 1.54) is 16.0 Å². The highest BCUT2D eigenvalue weighted by atomic mass is 16.6. The van der Waals surface area contributed by atoms with E-state index in [1.807, 2.05) is 31.2 Å². The Kier molecular flexibility index (Phi) is 5.26. The third-order valence-corrected chi connectivity index (χ3v) is 5.05. The van der Waals surface area contributed by atoms with Gasteiger partial charge in [0.2, 0.25) is 0 Å². The molecule has 2 aromatic carbocycles. The fourth-order valence-corrected chi connectivity index (χ4v) is 3.60. The Labute approximate surface area is 153 Å². The summed E-state index contributed by atoms with van der Waals surface area (Å²) in [6.07, 6.45) is -0.00977. The summed E-state index contributed by atoms with van der Waals surface area (Å²) in [5.74, 6) is -0.922. The molecule has 2 aromatic rings. The molecule has 0 heterocycles. The van der Waals surface area contributed by atoms with Crippen molar-refractivity contribution in [2.75, 3.05) is 13.7 Å². The molecule has 1 atom stereocenters. The number of rotatable bonds is 6. The van der Waals surface area contributed by atoms with Gasteiger partial charge in [0.1, 0.15) is 6.61 Å². The molecule has 5 heteroatoms. The van der Waals surface area contributed by atoms with Crippen LogP contribution in [-0.4, -0.2) is 41.8 Å². The van der Waals surface area contributed by atoms with Gasteiger partial charge in [-0.3, -0.25) is 4.79 Å². The molecule has 26 heavy (non-hydrogen) atoms. The summed E-state index contributed by atoms with van der Waals surface area (Å²) < 4.78 is 5.56. The minimum Gasteiger partial charge on any atom is -0.481 e. The SMILES string of the molecule is CC[C@@H](CC(=O)O)N(C)C(=O)OCC1c2ccccc2-c2ccccc21. The van der Waals surface area contributed by atoms with Gasteiger partial charge in [-0.2, -0.15) is 0 Å². The zero-order valence-electron chi connectivity index (χ0n) is 15.0. The lowest BCUT2D eigenvalue weighted by molar-refractivity contribution is -0.138. The van der Waals surface area contributed by atoms with Crippen molar-refractivity contribution in [1.29, 1.82) is 0 Å². The molecule has 1 N–H and O–H groups in total. The van der Waals surface area contributed by atoms with Gasteiger partial charge in [0, 0.05) is 19.0 Å². The van der Waals surface area contributed by atoms with Crippen LogP contribution in [0.1, 0.15) is 36.8 Å². The van der Waals surface area contributed by atoms with Crippen molar-refractivity contribution in [1.82, 2.24) is 4.90 Å². The van der Waals surface area contributed by atoms with Crippen LogP contribution in [0, 0.1) is 0 Å². The molecular formula is C21H23NO4. The lowest BCUT2D eigenvalue weighted by Crippen LogP contribution is -2.39.